The molecule has 0 radical (unpaired) electrons. The molecule has 5 nitrogen and oxygen atoms in total. The maximum atomic E-state index is 12.2. The van der Waals surface area contributed by atoms with E-state index in [-0.39, 0.29) is 4.90 Å². The van der Waals surface area contributed by atoms with Crippen molar-refractivity contribution in [1.82, 2.24) is 10.3 Å². The summed E-state index contributed by atoms with van der Waals surface area (Å²) in [5.41, 5.74) is 1.11. The molecule has 1 aromatic carbocycles. The molecule has 0 atom stereocenters. The fourth-order valence-corrected chi connectivity index (χ4v) is 3.73. The number of hydrogen-bond acceptors (Lipinski definition) is 5. The number of aryl methyl sites for hydroxylation is 1. The summed E-state index contributed by atoms with van der Waals surface area (Å²) in [4.78, 5) is 5.23. The molecule has 0 amide bonds. The highest BCUT2D eigenvalue weighted by atomic mass is 32.2. The van der Waals surface area contributed by atoms with Gasteiger partial charge in [0, 0.05) is 11.1 Å². The van der Waals surface area contributed by atoms with Crippen LogP contribution in [-0.4, -0.2) is 26.5 Å². The number of aromatic nitrogens is 1. The van der Waals surface area contributed by atoms with Gasteiger partial charge in [0.25, 0.3) is 10.0 Å². The number of thiazole rings is 1. The second kappa shape index (κ2) is 7.02. The number of nitrogens with one attached hydrogen (secondary N) is 2. The number of rotatable bonds is 7. The van der Waals surface area contributed by atoms with Gasteiger partial charge in [0.05, 0.1) is 4.90 Å². The Morgan fingerprint density at radius 1 is 1.24 bits per heavy atom. The van der Waals surface area contributed by atoms with Crippen LogP contribution < -0.4 is 10.0 Å². The number of anilines is 1. The van der Waals surface area contributed by atoms with Crippen LogP contribution in [0.15, 0.2) is 35.4 Å². The molecular weight excluding hydrogens is 306 g/mol. The van der Waals surface area contributed by atoms with Gasteiger partial charge in [0.1, 0.15) is 0 Å². The van der Waals surface area contributed by atoms with Crippen LogP contribution in [0.3, 0.4) is 0 Å². The molecule has 2 aromatic rings. The zero-order valence-corrected chi connectivity index (χ0v) is 13.7. The van der Waals surface area contributed by atoms with Crippen LogP contribution in [0.5, 0.6) is 0 Å². The van der Waals surface area contributed by atoms with E-state index in [9.17, 15) is 8.42 Å². The molecule has 0 aliphatic rings. The van der Waals surface area contributed by atoms with Crippen molar-refractivity contribution in [3.05, 3.63) is 40.9 Å². The van der Waals surface area contributed by atoms with Crippen molar-refractivity contribution in [2.24, 2.45) is 0 Å². The smallest absolute Gasteiger partial charge is 0.263 e. The van der Waals surface area contributed by atoms with Gasteiger partial charge in [-0.2, -0.15) is 0 Å². The third kappa shape index (κ3) is 4.52. The van der Waals surface area contributed by atoms with Crippen LogP contribution >= 0.6 is 11.3 Å². The van der Waals surface area contributed by atoms with Gasteiger partial charge in [-0.3, -0.25) is 4.72 Å². The lowest BCUT2D eigenvalue weighted by atomic mass is 10.1. The number of nitrogens with zero attached hydrogens (tertiary/aromatic N) is 1. The van der Waals surface area contributed by atoms with Crippen molar-refractivity contribution < 1.29 is 8.42 Å². The Morgan fingerprint density at radius 3 is 2.52 bits per heavy atom. The van der Waals surface area contributed by atoms with Crippen molar-refractivity contribution in [2.75, 3.05) is 17.8 Å². The van der Waals surface area contributed by atoms with Gasteiger partial charge >= 0.3 is 0 Å². The third-order valence-electron chi connectivity index (χ3n) is 2.92. The Bertz CT molecular complexity index is 678. The molecule has 2 rings (SSSR count). The van der Waals surface area contributed by atoms with E-state index >= 15 is 0 Å². The minimum Gasteiger partial charge on any atom is -0.317 e. The van der Waals surface area contributed by atoms with Gasteiger partial charge in [0.15, 0.2) is 5.13 Å². The average Bonchev–Trinajstić information content (AvgIpc) is 2.84. The molecule has 0 aliphatic heterocycles. The first-order valence-corrected chi connectivity index (χ1v) is 9.06. The van der Waals surface area contributed by atoms with Crippen LogP contribution in [0, 0.1) is 6.92 Å². The second-order valence-corrected chi connectivity index (χ2v) is 7.55. The van der Waals surface area contributed by atoms with E-state index in [0.29, 0.717) is 5.13 Å². The zero-order valence-electron chi connectivity index (χ0n) is 12.1. The molecule has 114 valence electrons. The summed E-state index contributed by atoms with van der Waals surface area (Å²) in [6.45, 7) is 5.76. The van der Waals surface area contributed by atoms with Crippen LogP contribution in [-0.2, 0) is 16.4 Å². The molecule has 21 heavy (non-hydrogen) atoms. The fourth-order valence-electron chi connectivity index (χ4n) is 1.82. The first-order valence-electron chi connectivity index (χ1n) is 6.76. The number of sulfonamides is 1. The summed E-state index contributed by atoms with van der Waals surface area (Å²) >= 11 is 1.32. The van der Waals surface area contributed by atoms with E-state index in [1.807, 2.05) is 19.1 Å². The number of hydrogen-bond donors (Lipinski definition) is 2. The molecule has 0 aliphatic carbocycles. The minimum absolute atomic E-state index is 0.252. The van der Waals surface area contributed by atoms with E-state index < -0.39 is 10.0 Å². The Kier molecular flexibility index (Phi) is 5.33. The van der Waals surface area contributed by atoms with E-state index in [1.54, 1.807) is 18.3 Å². The van der Waals surface area contributed by atoms with Gasteiger partial charge < -0.3 is 5.32 Å². The first kappa shape index (κ1) is 15.9. The molecule has 0 spiro atoms. The summed E-state index contributed by atoms with van der Waals surface area (Å²) in [5, 5.41) is 3.63. The van der Waals surface area contributed by atoms with Crippen LogP contribution in [0.1, 0.15) is 17.4 Å². The summed E-state index contributed by atoms with van der Waals surface area (Å²) < 4.78 is 26.9. The van der Waals surface area contributed by atoms with Crippen molar-refractivity contribution >= 4 is 26.5 Å². The summed E-state index contributed by atoms with van der Waals surface area (Å²) in [7, 11) is -3.56. The van der Waals surface area contributed by atoms with Gasteiger partial charge in [-0.25, -0.2) is 13.4 Å². The lowest BCUT2D eigenvalue weighted by molar-refractivity contribution is 0.601. The molecule has 0 saturated heterocycles. The van der Waals surface area contributed by atoms with Crippen LogP contribution in [0.25, 0.3) is 0 Å². The Hall–Kier alpha value is -1.44. The van der Waals surface area contributed by atoms with Crippen molar-refractivity contribution in [3.63, 3.8) is 0 Å². The lowest BCUT2D eigenvalue weighted by Crippen LogP contribution is -2.16. The quantitative estimate of drug-likeness (QED) is 0.767. The van der Waals surface area contributed by atoms with Crippen LogP contribution in [0.2, 0.25) is 0 Å². The molecule has 1 heterocycles. The number of benzene rings is 1. The second-order valence-electron chi connectivity index (χ2n) is 4.63. The van der Waals surface area contributed by atoms with E-state index in [0.717, 1.165) is 30.0 Å². The molecule has 0 saturated carbocycles. The van der Waals surface area contributed by atoms with Crippen molar-refractivity contribution in [2.45, 2.75) is 25.2 Å². The van der Waals surface area contributed by atoms with Crippen LogP contribution in [0.4, 0.5) is 5.13 Å². The average molecular weight is 325 g/mol. The highest BCUT2D eigenvalue weighted by Crippen LogP contribution is 2.21. The maximum absolute atomic E-state index is 12.2. The summed E-state index contributed by atoms with van der Waals surface area (Å²) in [6, 6.07) is 6.95. The Balaban J connectivity index is 2.06. The Morgan fingerprint density at radius 2 is 1.95 bits per heavy atom. The zero-order chi connectivity index (χ0) is 15.3. The van der Waals surface area contributed by atoms with Gasteiger partial charge in [-0.05, 0) is 44.1 Å². The SMILES string of the molecule is CCNCCc1ccc(S(=O)(=O)Nc2ncc(C)s2)cc1. The van der Waals surface area contributed by atoms with E-state index in [1.165, 1.54) is 11.3 Å². The van der Waals surface area contributed by atoms with Gasteiger partial charge in [-0.15, -0.1) is 11.3 Å². The largest absolute Gasteiger partial charge is 0.317 e. The first-order chi connectivity index (χ1) is 10.0. The van der Waals surface area contributed by atoms with E-state index in [4.69, 9.17) is 0 Å². The van der Waals surface area contributed by atoms with Gasteiger partial charge in [-0.1, -0.05) is 19.1 Å². The number of likely N-dealkylation sites (N-methyl/N-ethyl adjacent to an activating group) is 1. The molecular formula is C14H19N3O2S2. The standard InChI is InChI=1S/C14H19N3O2S2/c1-3-15-9-8-12-4-6-13(7-5-12)21(18,19)17-14-16-10-11(2)20-14/h4-7,10,15H,3,8-9H2,1-2H3,(H,16,17). The van der Waals surface area contributed by atoms with Crippen molar-refractivity contribution in [3.8, 4) is 0 Å². The molecule has 2 N–H and O–H groups in total. The molecule has 0 fully saturated rings. The molecule has 1 aromatic heterocycles. The normalized spacial score (nSPS) is 11.5. The third-order valence-corrected chi connectivity index (χ3v) is 5.23. The summed E-state index contributed by atoms with van der Waals surface area (Å²) in [6.07, 6.45) is 2.53. The monoisotopic (exact) mass is 325 g/mol. The summed E-state index contributed by atoms with van der Waals surface area (Å²) in [5.74, 6) is 0. The van der Waals surface area contributed by atoms with Crippen molar-refractivity contribution in [1.29, 1.82) is 0 Å². The van der Waals surface area contributed by atoms with Gasteiger partial charge in [0.2, 0.25) is 0 Å². The highest BCUT2D eigenvalue weighted by molar-refractivity contribution is 7.93. The molecule has 7 heteroatoms. The highest BCUT2D eigenvalue weighted by Gasteiger charge is 2.15. The van der Waals surface area contributed by atoms with E-state index in [2.05, 4.69) is 21.9 Å². The lowest BCUT2D eigenvalue weighted by Gasteiger charge is -2.07. The topological polar surface area (TPSA) is 71.1 Å². The fraction of sp³-hybridized carbons (Fsp3) is 0.357. The predicted octanol–water partition coefficient (Wildman–Crippen LogP) is 2.40. The molecule has 0 unspecified atom stereocenters. The maximum Gasteiger partial charge on any atom is 0.263 e. The minimum atomic E-state index is -3.56. The Labute approximate surface area is 129 Å². The molecule has 0 bridgehead atoms. The predicted molar refractivity (Wildman–Crippen MR) is 86.3 cm³/mol.